The third kappa shape index (κ3) is 2.29. The van der Waals surface area contributed by atoms with Crippen molar-refractivity contribution in [2.75, 3.05) is 5.32 Å². The number of hydrogen-bond donors (Lipinski definition) is 1. The number of nitrogens with zero attached hydrogens (tertiary/aromatic N) is 4. The summed E-state index contributed by atoms with van der Waals surface area (Å²) in [6, 6.07) is 8.19. The molecule has 3 rings (SSSR count). The zero-order chi connectivity index (χ0) is 14.8. The van der Waals surface area contributed by atoms with E-state index < -0.39 is 0 Å². The van der Waals surface area contributed by atoms with Crippen LogP contribution in [0.1, 0.15) is 17.4 Å². The largest absolute Gasteiger partial charge is 0.305 e. The first kappa shape index (κ1) is 13.0. The van der Waals surface area contributed by atoms with Gasteiger partial charge in [0.1, 0.15) is 11.5 Å². The minimum Gasteiger partial charge on any atom is -0.305 e. The smallest absolute Gasteiger partial charge is 0.275 e. The summed E-state index contributed by atoms with van der Waals surface area (Å²) in [5.74, 6) is 0.121. The number of fused-ring (bicyclic) bond motifs is 1. The molecule has 7 heteroatoms. The number of nitrogens with one attached hydrogen (secondary N) is 1. The van der Waals surface area contributed by atoms with Gasteiger partial charge in [0.2, 0.25) is 0 Å². The van der Waals surface area contributed by atoms with Crippen LogP contribution in [0.3, 0.4) is 0 Å². The molecular weight excluding hydrogens is 270 g/mol. The van der Waals surface area contributed by atoms with E-state index in [1.807, 2.05) is 6.92 Å². The van der Waals surface area contributed by atoms with Gasteiger partial charge in [0, 0.05) is 31.1 Å². The highest BCUT2D eigenvalue weighted by Crippen LogP contribution is 2.09. The van der Waals surface area contributed by atoms with Crippen molar-refractivity contribution in [2.24, 2.45) is 0 Å². The van der Waals surface area contributed by atoms with E-state index in [-0.39, 0.29) is 11.5 Å². The van der Waals surface area contributed by atoms with Crippen LogP contribution >= 0.6 is 0 Å². The molecule has 3 aromatic heterocycles. The van der Waals surface area contributed by atoms with E-state index >= 15 is 0 Å². The lowest BCUT2D eigenvalue weighted by Crippen LogP contribution is -2.24. The summed E-state index contributed by atoms with van der Waals surface area (Å²) in [4.78, 5) is 32.4. The van der Waals surface area contributed by atoms with Crippen LogP contribution in [0.25, 0.3) is 5.65 Å². The number of pyridine rings is 1. The molecule has 1 N–H and O–H groups in total. The van der Waals surface area contributed by atoms with E-state index in [0.29, 0.717) is 23.7 Å². The van der Waals surface area contributed by atoms with Gasteiger partial charge in [-0.3, -0.25) is 14.3 Å². The molecule has 0 saturated heterocycles. The third-order valence-corrected chi connectivity index (χ3v) is 3.07. The minimum absolute atomic E-state index is 0.223. The quantitative estimate of drug-likeness (QED) is 0.782. The molecule has 1 amide bonds. The molecule has 0 saturated carbocycles. The van der Waals surface area contributed by atoms with Gasteiger partial charge in [-0.2, -0.15) is 4.52 Å². The molecule has 0 fully saturated rings. The lowest BCUT2D eigenvalue weighted by atomic mass is 10.3. The zero-order valence-electron chi connectivity index (χ0n) is 11.4. The lowest BCUT2D eigenvalue weighted by molar-refractivity contribution is 0.101. The maximum absolute atomic E-state index is 12.4. The van der Waals surface area contributed by atoms with Crippen molar-refractivity contribution in [3.05, 3.63) is 58.8 Å². The fourth-order valence-electron chi connectivity index (χ4n) is 2.17. The maximum atomic E-state index is 12.4. The fraction of sp³-hybridized carbons (Fsp3) is 0.143. The van der Waals surface area contributed by atoms with Crippen molar-refractivity contribution in [3.63, 3.8) is 0 Å². The predicted molar refractivity (Wildman–Crippen MR) is 77.3 cm³/mol. The van der Waals surface area contributed by atoms with Gasteiger partial charge in [0.05, 0.1) is 0 Å². The van der Waals surface area contributed by atoms with Crippen LogP contribution in [0.15, 0.2) is 47.5 Å². The summed E-state index contributed by atoms with van der Waals surface area (Å²) < 4.78 is 2.97. The predicted octanol–water partition coefficient (Wildman–Crippen LogP) is 1.16. The minimum atomic E-state index is -0.333. The summed E-state index contributed by atoms with van der Waals surface area (Å²) in [5.41, 5.74) is 0.577. The first-order valence-corrected chi connectivity index (χ1v) is 6.50. The summed E-state index contributed by atoms with van der Waals surface area (Å²) in [6.07, 6.45) is 3.02. The molecule has 3 heterocycles. The molecule has 0 aliphatic carbocycles. The molecule has 0 radical (unpaired) electrons. The first-order valence-electron chi connectivity index (χ1n) is 6.50. The van der Waals surface area contributed by atoms with Crippen molar-refractivity contribution in [2.45, 2.75) is 13.5 Å². The Balaban J connectivity index is 2.06. The van der Waals surface area contributed by atoms with Gasteiger partial charge in [0.25, 0.3) is 11.5 Å². The summed E-state index contributed by atoms with van der Waals surface area (Å²) >= 11 is 0. The molecular formula is C14H13N5O2. The molecule has 0 aromatic carbocycles. The average Bonchev–Trinajstić information content (AvgIpc) is 2.88. The Labute approximate surface area is 119 Å². The molecule has 0 bridgehead atoms. The highest BCUT2D eigenvalue weighted by molar-refractivity contribution is 6.03. The highest BCUT2D eigenvalue weighted by Gasteiger charge is 2.16. The van der Waals surface area contributed by atoms with Gasteiger partial charge in [-0.1, -0.05) is 6.07 Å². The standard InChI is InChI=1S/C14H13N5O2/c1-2-18-10(9-12-16-8-6-13(20)19(12)18)14(21)17-11-5-3-4-7-15-11/h3-9H,2H2,1H3,(H,15,17,21). The van der Waals surface area contributed by atoms with Crippen LogP contribution in [0.2, 0.25) is 0 Å². The normalized spacial score (nSPS) is 10.7. The van der Waals surface area contributed by atoms with E-state index in [0.717, 1.165) is 0 Å². The van der Waals surface area contributed by atoms with Crippen molar-refractivity contribution in [3.8, 4) is 0 Å². The summed E-state index contributed by atoms with van der Waals surface area (Å²) in [7, 11) is 0. The molecule has 106 valence electrons. The second-order valence-corrected chi connectivity index (χ2v) is 4.37. The monoisotopic (exact) mass is 283 g/mol. The van der Waals surface area contributed by atoms with E-state index in [1.54, 1.807) is 35.1 Å². The molecule has 3 aromatic rings. The Morgan fingerprint density at radius 3 is 2.81 bits per heavy atom. The van der Waals surface area contributed by atoms with E-state index in [1.165, 1.54) is 16.8 Å². The van der Waals surface area contributed by atoms with E-state index in [9.17, 15) is 9.59 Å². The third-order valence-electron chi connectivity index (χ3n) is 3.07. The zero-order valence-corrected chi connectivity index (χ0v) is 11.4. The van der Waals surface area contributed by atoms with Gasteiger partial charge in [0.15, 0.2) is 5.65 Å². The van der Waals surface area contributed by atoms with E-state index in [4.69, 9.17) is 0 Å². The van der Waals surface area contributed by atoms with Crippen LogP contribution in [0.5, 0.6) is 0 Å². The Morgan fingerprint density at radius 2 is 2.10 bits per heavy atom. The van der Waals surface area contributed by atoms with Gasteiger partial charge in [-0.15, -0.1) is 0 Å². The van der Waals surface area contributed by atoms with Crippen LogP contribution in [-0.4, -0.2) is 25.1 Å². The Hall–Kier alpha value is -2.96. The molecule has 0 atom stereocenters. The first-order chi connectivity index (χ1) is 10.2. The SMILES string of the molecule is CCn1c(C(=O)Nc2ccccn2)cc2nccc(=O)n21. The maximum Gasteiger partial charge on any atom is 0.275 e. The Morgan fingerprint density at radius 1 is 1.24 bits per heavy atom. The Kier molecular flexibility index (Phi) is 3.23. The van der Waals surface area contributed by atoms with Crippen molar-refractivity contribution in [1.29, 1.82) is 0 Å². The number of carbonyl (C=O) groups excluding carboxylic acids is 1. The number of carbonyl (C=O) groups is 1. The molecule has 0 aliphatic heterocycles. The Bertz CT molecular complexity index is 851. The molecule has 0 aliphatic rings. The van der Waals surface area contributed by atoms with Crippen molar-refractivity contribution < 1.29 is 4.79 Å². The van der Waals surface area contributed by atoms with E-state index in [2.05, 4.69) is 15.3 Å². The average molecular weight is 283 g/mol. The second kappa shape index (κ2) is 5.20. The summed E-state index contributed by atoms with van der Waals surface area (Å²) in [5, 5.41) is 2.70. The second-order valence-electron chi connectivity index (χ2n) is 4.37. The highest BCUT2D eigenvalue weighted by atomic mass is 16.2. The van der Waals surface area contributed by atoms with Crippen LogP contribution in [0.4, 0.5) is 5.82 Å². The number of aromatic nitrogens is 4. The van der Waals surface area contributed by atoms with Crippen molar-refractivity contribution in [1.82, 2.24) is 19.2 Å². The van der Waals surface area contributed by atoms with Gasteiger partial charge >= 0.3 is 0 Å². The van der Waals surface area contributed by atoms with Crippen molar-refractivity contribution >= 4 is 17.4 Å². The van der Waals surface area contributed by atoms with Gasteiger partial charge < -0.3 is 5.32 Å². The number of hydrogen-bond acceptors (Lipinski definition) is 4. The van der Waals surface area contributed by atoms with Crippen LogP contribution < -0.4 is 10.9 Å². The number of aryl methyl sites for hydroxylation is 1. The molecule has 21 heavy (non-hydrogen) atoms. The van der Waals surface area contributed by atoms with Gasteiger partial charge in [-0.05, 0) is 19.1 Å². The number of rotatable bonds is 3. The topological polar surface area (TPSA) is 81.3 Å². The summed E-state index contributed by atoms with van der Waals surface area (Å²) in [6.45, 7) is 2.33. The molecule has 0 spiro atoms. The molecule has 7 nitrogen and oxygen atoms in total. The fourth-order valence-corrected chi connectivity index (χ4v) is 2.17. The van der Waals surface area contributed by atoms with Crippen LogP contribution in [0, 0.1) is 0 Å². The molecule has 0 unspecified atom stereocenters. The van der Waals surface area contributed by atoms with Gasteiger partial charge in [-0.25, -0.2) is 9.97 Å². The lowest BCUT2D eigenvalue weighted by Gasteiger charge is -2.08. The van der Waals surface area contributed by atoms with Crippen LogP contribution in [-0.2, 0) is 6.54 Å². The number of anilines is 1. The number of amides is 1.